The van der Waals surface area contributed by atoms with Crippen LogP contribution >= 0.6 is 0 Å². The molecule has 0 aromatic heterocycles. The predicted octanol–water partition coefficient (Wildman–Crippen LogP) is 0.981. The van der Waals surface area contributed by atoms with Crippen LogP contribution in [-0.4, -0.2) is 20.7 Å². The topological polar surface area (TPSA) is 70.0 Å². The third kappa shape index (κ3) is 4.43. The van der Waals surface area contributed by atoms with Crippen molar-refractivity contribution in [2.24, 2.45) is 0 Å². The van der Waals surface area contributed by atoms with Crippen LogP contribution in [0.15, 0.2) is 24.3 Å². The standard InChI is InChI=1S/C11H14N2O2S/c1-10-3-2-4-11(9-10)5-7-13-16(14,15)8-6-12/h2-4,9,13H,5,7-8H2,1H3. The lowest BCUT2D eigenvalue weighted by Crippen LogP contribution is -2.27. The molecule has 0 amide bonds. The molecule has 1 rings (SSSR count). The molecule has 0 aliphatic rings. The van der Waals surface area contributed by atoms with E-state index >= 15 is 0 Å². The van der Waals surface area contributed by atoms with E-state index < -0.39 is 15.8 Å². The second-order valence-electron chi connectivity index (χ2n) is 3.55. The summed E-state index contributed by atoms with van der Waals surface area (Å²) in [5.74, 6) is -0.485. The van der Waals surface area contributed by atoms with Gasteiger partial charge in [0.05, 0.1) is 6.07 Å². The Bertz CT molecular complexity index is 489. The highest BCUT2D eigenvalue weighted by atomic mass is 32.2. The summed E-state index contributed by atoms with van der Waals surface area (Å²) < 4.78 is 24.7. The van der Waals surface area contributed by atoms with E-state index in [-0.39, 0.29) is 0 Å². The number of nitriles is 1. The zero-order valence-corrected chi connectivity index (χ0v) is 9.92. The molecule has 0 unspecified atom stereocenters. The lowest BCUT2D eigenvalue weighted by atomic mass is 10.1. The maximum atomic E-state index is 11.2. The van der Waals surface area contributed by atoms with Crippen molar-refractivity contribution in [3.8, 4) is 6.07 Å². The van der Waals surface area contributed by atoms with Crippen molar-refractivity contribution in [3.63, 3.8) is 0 Å². The van der Waals surface area contributed by atoms with Gasteiger partial charge in [-0.1, -0.05) is 29.8 Å². The monoisotopic (exact) mass is 238 g/mol. The zero-order valence-electron chi connectivity index (χ0n) is 9.10. The van der Waals surface area contributed by atoms with E-state index in [2.05, 4.69) is 4.72 Å². The fraction of sp³-hybridized carbons (Fsp3) is 0.364. The van der Waals surface area contributed by atoms with Crippen molar-refractivity contribution < 1.29 is 8.42 Å². The van der Waals surface area contributed by atoms with E-state index in [0.717, 1.165) is 11.1 Å². The van der Waals surface area contributed by atoms with Gasteiger partial charge in [0.15, 0.2) is 5.75 Å². The molecule has 0 heterocycles. The van der Waals surface area contributed by atoms with Crippen molar-refractivity contribution in [1.82, 2.24) is 4.72 Å². The lowest BCUT2D eigenvalue weighted by molar-refractivity contribution is 0.585. The smallest absolute Gasteiger partial charge is 0.214 e. The third-order valence-electron chi connectivity index (χ3n) is 2.07. The maximum absolute atomic E-state index is 11.2. The molecule has 0 atom stereocenters. The predicted molar refractivity (Wildman–Crippen MR) is 62.3 cm³/mol. The molecule has 1 aromatic carbocycles. The van der Waals surface area contributed by atoms with Gasteiger partial charge >= 0.3 is 0 Å². The van der Waals surface area contributed by atoms with E-state index in [1.165, 1.54) is 0 Å². The van der Waals surface area contributed by atoms with Crippen LogP contribution < -0.4 is 4.72 Å². The van der Waals surface area contributed by atoms with Crippen LogP contribution in [0.2, 0.25) is 0 Å². The largest absolute Gasteiger partial charge is 0.225 e. The molecule has 16 heavy (non-hydrogen) atoms. The third-order valence-corrected chi connectivity index (χ3v) is 3.23. The second kappa shape index (κ2) is 5.64. The van der Waals surface area contributed by atoms with Gasteiger partial charge in [-0.05, 0) is 18.9 Å². The SMILES string of the molecule is Cc1cccc(CCNS(=O)(=O)CC#N)c1. The molecule has 0 fully saturated rings. The van der Waals surface area contributed by atoms with Crippen molar-refractivity contribution in [3.05, 3.63) is 35.4 Å². The zero-order chi connectivity index (χ0) is 12.0. The molecule has 1 aromatic rings. The quantitative estimate of drug-likeness (QED) is 0.831. The van der Waals surface area contributed by atoms with Crippen molar-refractivity contribution in [1.29, 1.82) is 5.26 Å². The van der Waals surface area contributed by atoms with E-state index in [0.29, 0.717) is 13.0 Å². The van der Waals surface area contributed by atoms with Crippen molar-refractivity contribution in [2.75, 3.05) is 12.3 Å². The average Bonchev–Trinajstić information content (AvgIpc) is 2.17. The summed E-state index contributed by atoms with van der Waals surface area (Å²) in [5, 5.41) is 8.29. The summed E-state index contributed by atoms with van der Waals surface area (Å²) in [6.07, 6.45) is 0.631. The van der Waals surface area contributed by atoms with Crippen LogP contribution in [0, 0.1) is 18.3 Å². The van der Waals surface area contributed by atoms with E-state index in [4.69, 9.17) is 5.26 Å². The molecule has 0 bridgehead atoms. The maximum Gasteiger partial charge on any atom is 0.225 e. The lowest BCUT2D eigenvalue weighted by Gasteiger charge is -2.04. The Kier molecular flexibility index (Phi) is 4.47. The molecule has 1 N–H and O–H groups in total. The molecule has 0 saturated heterocycles. The summed E-state index contributed by atoms with van der Waals surface area (Å²) in [4.78, 5) is 0. The number of aryl methyl sites for hydroxylation is 1. The Balaban J connectivity index is 2.45. The molecule has 4 nitrogen and oxygen atoms in total. The minimum absolute atomic E-state index is 0.327. The Hall–Kier alpha value is -1.38. The first-order valence-electron chi connectivity index (χ1n) is 4.93. The van der Waals surface area contributed by atoms with Gasteiger partial charge in [-0.15, -0.1) is 0 Å². The fourth-order valence-corrected chi connectivity index (χ4v) is 2.04. The number of benzene rings is 1. The summed E-state index contributed by atoms with van der Waals surface area (Å²) in [6.45, 7) is 2.32. The highest BCUT2D eigenvalue weighted by Crippen LogP contribution is 2.04. The number of rotatable bonds is 5. The van der Waals surface area contributed by atoms with Crippen LogP contribution in [0.4, 0.5) is 0 Å². The molecular formula is C11H14N2O2S. The molecule has 0 radical (unpaired) electrons. The Morgan fingerprint density at radius 1 is 1.44 bits per heavy atom. The number of hydrogen-bond acceptors (Lipinski definition) is 3. The van der Waals surface area contributed by atoms with Crippen molar-refractivity contribution >= 4 is 10.0 Å². The summed E-state index contributed by atoms with van der Waals surface area (Å²) in [7, 11) is -3.42. The molecule has 5 heteroatoms. The first kappa shape index (κ1) is 12.7. The van der Waals surface area contributed by atoms with Gasteiger partial charge in [0.2, 0.25) is 10.0 Å². The number of hydrogen-bond donors (Lipinski definition) is 1. The average molecular weight is 238 g/mol. The molecule has 0 saturated carbocycles. The van der Waals surface area contributed by atoms with Gasteiger partial charge in [-0.3, -0.25) is 0 Å². The van der Waals surface area contributed by atoms with Gasteiger partial charge in [0.1, 0.15) is 0 Å². The Morgan fingerprint density at radius 2 is 2.19 bits per heavy atom. The van der Waals surface area contributed by atoms with E-state index in [1.807, 2.05) is 31.2 Å². The first-order chi connectivity index (χ1) is 7.53. The van der Waals surface area contributed by atoms with Gasteiger partial charge in [-0.2, -0.15) is 5.26 Å². The number of nitrogens with one attached hydrogen (secondary N) is 1. The molecule has 0 aliphatic carbocycles. The first-order valence-corrected chi connectivity index (χ1v) is 6.58. The van der Waals surface area contributed by atoms with Crippen LogP contribution in [-0.2, 0) is 16.4 Å². The molecule has 0 spiro atoms. The number of sulfonamides is 1. The molecule has 0 aliphatic heterocycles. The summed E-state index contributed by atoms with van der Waals surface area (Å²) in [5.41, 5.74) is 2.23. The van der Waals surface area contributed by atoms with Crippen LogP contribution in [0.5, 0.6) is 0 Å². The van der Waals surface area contributed by atoms with Gasteiger partial charge < -0.3 is 0 Å². The number of nitrogens with zero attached hydrogens (tertiary/aromatic N) is 1. The van der Waals surface area contributed by atoms with Crippen LogP contribution in [0.1, 0.15) is 11.1 Å². The Morgan fingerprint density at radius 3 is 2.81 bits per heavy atom. The summed E-state index contributed by atoms with van der Waals surface area (Å²) >= 11 is 0. The van der Waals surface area contributed by atoms with Gasteiger partial charge in [-0.25, -0.2) is 13.1 Å². The molecular weight excluding hydrogens is 224 g/mol. The van der Waals surface area contributed by atoms with Crippen molar-refractivity contribution in [2.45, 2.75) is 13.3 Å². The highest BCUT2D eigenvalue weighted by molar-refractivity contribution is 7.89. The summed E-state index contributed by atoms with van der Waals surface area (Å²) in [6, 6.07) is 9.51. The highest BCUT2D eigenvalue weighted by Gasteiger charge is 2.07. The minimum Gasteiger partial charge on any atom is -0.214 e. The fourth-order valence-electron chi connectivity index (χ4n) is 1.35. The van der Waals surface area contributed by atoms with E-state index in [1.54, 1.807) is 6.07 Å². The molecule has 86 valence electrons. The minimum atomic E-state index is -3.42. The normalized spacial score (nSPS) is 11.0. The second-order valence-corrected chi connectivity index (χ2v) is 5.36. The van der Waals surface area contributed by atoms with Gasteiger partial charge in [0.25, 0.3) is 0 Å². The Labute approximate surface area is 96.0 Å². The van der Waals surface area contributed by atoms with Crippen LogP contribution in [0.3, 0.4) is 0 Å². The van der Waals surface area contributed by atoms with Crippen LogP contribution in [0.25, 0.3) is 0 Å². The van der Waals surface area contributed by atoms with Gasteiger partial charge in [0, 0.05) is 6.54 Å². The van der Waals surface area contributed by atoms with E-state index in [9.17, 15) is 8.42 Å².